The molecule has 0 saturated carbocycles. The molecule has 2 rings (SSSR count). The van der Waals surface area contributed by atoms with Crippen LogP contribution < -0.4 is 10.6 Å². The molecular weight excluding hydrogens is 324 g/mol. The molecule has 1 saturated heterocycles. The molecule has 0 aliphatic carbocycles. The molecule has 3 N–H and O–H groups in total. The number of carboxylic acid groups (broad SMARTS) is 1. The zero-order valence-corrected chi connectivity index (χ0v) is 14.5. The van der Waals surface area contributed by atoms with E-state index < -0.39 is 17.9 Å². The number of carbonyl (C=O) groups excluding carboxylic acids is 2. The molecule has 25 heavy (non-hydrogen) atoms. The molecule has 0 bridgehead atoms. The molecule has 1 aromatic carbocycles. The number of carboxylic acids is 1. The lowest BCUT2D eigenvalue weighted by molar-refractivity contribution is -0.142. The largest absolute Gasteiger partial charge is 0.480 e. The fourth-order valence-corrected chi connectivity index (χ4v) is 2.75. The highest BCUT2D eigenvalue weighted by atomic mass is 16.5. The van der Waals surface area contributed by atoms with Gasteiger partial charge >= 0.3 is 5.97 Å². The van der Waals surface area contributed by atoms with Crippen molar-refractivity contribution < 1.29 is 24.2 Å². The van der Waals surface area contributed by atoms with E-state index in [9.17, 15) is 19.5 Å². The van der Waals surface area contributed by atoms with Crippen LogP contribution in [0.15, 0.2) is 24.3 Å². The van der Waals surface area contributed by atoms with Gasteiger partial charge in [0.2, 0.25) is 0 Å². The second-order valence-corrected chi connectivity index (χ2v) is 6.47. The molecule has 2 unspecified atom stereocenters. The molecule has 0 spiro atoms. The molecule has 2 atom stereocenters. The molecule has 1 aromatic rings. The van der Waals surface area contributed by atoms with Crippen LogP contribution in [0.1, 0.15) is 47.4 Å². The van der Waals surface area contributed by atoms with E-state index in [1.807, 2.05) is 13.8 Å². The van der Waals surface area contributed by atoms with Crippen LogP contribution in [0.2, 0.25) is 0 Å². The third-order valence-corrected chi connectivity index (χ3v) is 4.05. The van der Waals surface area contributed by atoms with E-state index in [2.05, 4.69) is 10.6 Å². The first-order valence-corrected chi connectivity index (χ1v) is 8.41. The van der Waals surface area contributed by atoms with Crippen molar-refractivity contribution in [3.63, 3.8) is 0 Å². The molecule has 1 heterocycles. The molecule has 0 aromatic heterocycles. The summed E-state index contributed by atoms with van der Waals surface area (Å²) in [5.74, 6) is -2.01. The van der Waals surface area contributed by atoms with Crippen LogP contribution in [-0.4, -0.2) is 48.2 Å². The number of hydrogen-bond acceptors (Lipinski definition) is 4. The number of aliphatic carboxylic acids is 1. The van der Waals surface area contributed by atoms with Gasteiger partial charge in [-0.15, -0.1) is 0 Å². The van der Waals surface area contributed by atoms with E-state index >= 15 is 0 Å². The number of carbonyl (C=O) groups is 3. The van der Waals surface area contributed by atoms with Gasteiger partial charge in [-0.05, 0) is 51.0 Å². The average molecular weight is 348 g/mol. The van der Waals surface area contributed by atoms with E-state index in [1.165, 1.54) is 12.1 Å². The third-order valence-electron chi connectivity index (χ3n) is 4.05. The highest BCUT2D eigenvalue weighted by Gasteiger charge is 2.31. The van der Waals surface area contributed by atoms with Gasteiger partial charge < -0.3 is 20.5 Å². The first-order valence-electron chi connectivity index (χ1n) is 8.41. The Hall–Kier alpha value is -2.41. The maximum atomic E-state index is 12.3. The Bertz CT molecular complexity index is 621. The highest BCUT2D eigenvalue weighted by Crippen LogP contribution is 2.18. The van der Waals surface area contributed by atoms with Gasteiger partial charge in [0.1, 0.15) is 6.04 Å². The van der Waals surface area contributed by atoms with Crippen molar-refractivity contribution in [2.75, 3.05) is 13.2 Å². The van der Waals surface area contributed by atoms with Gasteiger partial charge in [0.05, 0.1) is 6.61 Å². The Labute approximate surface area is 146 Å². The molecule has 136 valence electrons. The monoisotopic (exact) mass is 348 g/mol. The zero-order chi connectivity index (χ0) is 18.4. The Morgan fingerprint density at radius 2 is 1.64 bits per heavy atom. The Kier molecular flexibility index (Phi) is 6.52. The maximum Gasteiger partial charge on any atom is 0.326 e. The van der Waals surface area contributed by atoms with E-state index in [-0.39, 0.29) is 17.9 Å². The van der Waals surface area contributed by atoms with Gasteiger partial charge in [0, 0.05) is 29.7 Å². The standard InChI is InChI=1S/C18H24N2O5/c1-11(2)19-16(21)12-5-7-13(8-6-12)17(22)20-15(18(23)24)14-4-3-9-25-10-14/h5-8,11,14-15H,3-4,9-10H2,1-2H3,(H,19,21)(H,20,22)(H,23,24). The first kappa shape index (κ1) is 18.9. The van der Waals surface area contributed by atoms with Crippen molar-refractivity contribution in [2.24, 2.45) is 5.92 Å². The molecule has 2 amide bonds. The molecule has 1 fully saturated rings. The minimum atomic E-state index is -1.07. The lowest BCUT2D eigenvalue weighted by Gasteiger charge is -2.28. The number of ether oxygens (including phenoxy) is 1. The number of benzene rings is 1. The lowest BCUT2D eigenvalue weighted by atomic mass is 9.93. The van der Waals surface area contributed by atoms with Crippen LogP contribution in [0, 0.1) is 5.92 Å². The number of rotatable bonds is 6. The van der Waals surface area contributed by atoms with Gasteiger partial charge in [0.25, 0.3) is 11.8 Å². The summed E-state index contributed by atoms with van der Waals surface area (Å²) in [5, 5.41) is 14.7. The van der Waals surface area contributed by atoms with Crippen molar-refractivity contribution >= 4 is 17.8 Å². The molecular formula is C18H24N2O5. The van der Waals surface area contributed by atoms with Crippen molar-refractivity contribution in [2.45, 2.75) is 38.8 Å². The molecule has 7 heteroatoms. The van der Waals surface area contributed by atoms with Crippen LogP contribution in [0.25, 0.3) is 0 Å². The topological polar surface area (TPSA) is 105 Å². The molecule has 7 nitrogen and oxygen atoms in total. The van der Waals surface area contributed by atoms with Crippen LogP contribution in [-0.2, 0) is 9.53 Å². The quantitative estimate of drug-likeness (QED) is 0.721. The lowest BCUT2D eigenvalue weighted by Crippen LogP contribution is -2.48. The Morgan fingerprint density at radius 3 is 2.08 bits per heavy atom. The minimum absolute atomic E-state index is 0.0181. The molecule has 0 radical (unpaired) electrons. The summed E-state index contributed by atoms with van der Waals surface area (Å²) < 4.78 is 5.32. The van der Waals surface area contributed by atoms with Gasteiger partial charge in [0.15, 0.2) is 0 Å². The normalized spacial score (nSPS) is 18.4. The van der Waals surface area contributed by atoms with E-state index in [4.69, 9.17) is 4.74 Å². The average Bonchev–Trinajstić information content (AvgIpc) is 2.59. The summed E-state index contributed by atoms with van der Waals surface area (Å²) in [6.45, 7) is 4.67. The fraction of sp³-hybridized carbons (Fsp3) is 0.500. The first-order chi connectivity index (χ1) is 11.9. The van der Waals surface area contributed by atoms with E-state index in [1.54, 1.807) is 12.1 Å². The van der Waals surface area contributed by atoms with Crippen LogP contribution in [0.5, 0.6) is 0 Å². The minimum Gasteiger partial charge on any atom is -0.480 e. The second kappa shape index (κ2) is 8.62. The van der Waals surface area contributed by atoms with Crippen molar-refractivity contribution in [1.82, 2.24) is 10.6 Å². The van der Waals surface area contributed by atoms with Crippen LogP contribution in [0.3, 0.4) is 0 Å². The Morgan fingerprint density at radius 1 is 1.08 bits per heavy atom. The Balaban J connectivity index is 2.03. The smallest absolute Gasteiger partial charge is 0.326 e. The zero-order valence-electron chi connectivity index (χ0n) is 14.5. The number of amides is 2. The summed E-state index contributed by atoms with van der Waals surface area (Å²) in [5.41, 5.74) is 0.754. The maximum absolute atomic E-state index is 12.3. The SMILES string of the molecule is CC(C)NC(=O)c1ccc(C(=O)NC(C(=O)O)C2CCCOC2)cc1. The third kappa shape index (κ3) is 5.29. The summed E-state index contributed by atoms with van der Waals surface area (Å²) >= 11 is 0. The second-order valence-electron chi connectivity index (χ2n) is 6.47. The molecule has 1 aliphatic rings. The summed E-state index contributed by atoms with van der Waals surface area (Å²) in [7, 11) is 0. The number of nitrogens with one attached hydrogen (secondary N) is 2. The van der Waals surface area contributed by atoms with Crippen LogP contribution in [0.4, 0.5) is 0 Å². The predicted octanol–water partition coefficient (Wildman–Crippen LogP) is 1.43. The predicted molar refractivity (Wildman–Crippen MR) is 91.5 cm³/mol. The number of hydrogen-bond donors (Lipinski definition) is 3. The van der Waals surface area contributed by atoms with Gasteiger partial charge in [-0.2, -0.15) is 0 Å². The fourth-order valence-electron chi connectivity index (χ4n) is 2.75. The van der Waals surface area contributed by atoms with Crippen molar-refractivity contribution in [3.8, 4) is 0 Å². The van der Waals surface area contributed by atoms with Gasteiger partial charge in [-0.3, -0.25) is 9.59 Å². The van der Waals surface area contributed by atoms with Gasteiger partial charge in [-0.1, -0.05) is 0 Å². The van der Waals surface area contributed by atoms with E-state index in [0.717, 1.165) is 6.42 Å². The van der Waals surface area contributed by atoms with Gasteiger partial charge in [-0.25, -0.2) is 4.79 Å². The van der Waals surface area contributed by atoms with Crippen molar-refractivity contribution in [1.29, 1.82) is 0 Å². The summed E-state index contributed by atoms with van der Waals surface area (Å²) in [6, 6.07) is 5.15. The summed E-state index contributed by atoms with van der Waals surface area (Å²) in [6.07, 6.45) is 1.48. The van der Waals surface area contributed by atoms with Crippen molar-refractivity contribution in [3.05, 3.63) is 35.4 Å². The van der Waals surface area contributed by atoms with Crippen LogP contribution >= 0.6 is 0 Å². The summed E-state index contributed by atoms with van der Waals surface area (Å²) in [4.78, 5) is 35.7. The molecule has 1 aliphatic heterocycles. The van der Waals surface area contributed by atoms with E-state index in [0.29, 0.717) is 30.8 Å². The highest BCUT2D eigenvalue weighted by molar-refractivity contribution is 5.99.